The van der Waals surface area contributed by atoms with Crippen LogP contribution in [0.1, 0.15) is 87.0 Å². The fourth-order valence-corrected chi connectivity index (χ4v) is 7.77. The van der Waals surface area contributed by atoms with Crippen molar-refractivity contribution in [3.8, 4) is 0 Å². The molecule has 0 aromatic heterocycles. The molecular formula is C42H46BF12N. The summed E-state index contributed by atoms with van der Waals surface area (Å²) in [5.41, 5.74) is -4.29. The van der Waals surface area contributed by atoms with E-state index in [0.29, 0.717) is 48.5 Å². The van der Waals surface area contributed by atoms with E-state index in [1.165, 1.54) is 81.9 Å². The Kier molecular flexibility index (Phi) is 14.5. The fourth-order valence-electron chi connectivity index (χ4n) is 7.77. The summed E-state index contributed by atoms with van der Waals surface area (Å²) in [5, 5.41) is 0. The number of hydrogen-bond acceptors (Lipinski definition) is 0. The predicted molar refractivity (Wildman–Crippen MR) is 198 cm³/mol. The first kappa shape index (κ1) is 44.8. The molecule has 4 aromatic rings. The van der Waals surface area contributed by atoms with Gasteiger partial charge in [0.2, 0.25) is 0 Å². The Morgan fingerprint density at radius 3 is 0.946 bits per heavy atom. The molecule has 1 saturated heterocycles. The largest absolute Gasteiger partial charge is 0.416 e. The highest BCUT2D eigenvalue weighted by molar-refractivity contribution is 7.19. The van der Waals surface area contributed by atoms with Crippen molar-refractivity contribution in [3.05, 3.63) is 119 Å². The molecule has 0 spiro atoms. The minimum atomic E-state index is -4.77. The van der Waals surface area contributed by atoms with Crippen molar-refractivity contribution in [2.45, 2.75) is 89.4 Å². The second-order valence-corrected chi connectivity index (χ2v) is 15.0. The van der Waals surface area contributed by atoms with Gasteiger partial charge in [0.15, 0.2) is 0 Å². The minimum absolute atomic E-state index is 0.0114. The standard InChI is InChI=1S/C28H16BF12.C14H30N/c30-25(31,32)17-1-9-21(10-2-17)29(22-11-3-18(4-12-22)26(33,34)35,23-13-5-19(6-14-23)27(36,37)38)24-15-7-20(8-16-24)28(39,40)41;1-3-4-5-6-7-9-12-15(2)13-10-8-11-14-15/h1-16H;3-14H2,1-2H3/q-1;+1. The molecule has 1 nitrogen and oxygen atoms in total. The minimum Gasteiger partial charge on any atom is -0.326 e. The van der Waals surface area contributed by atoms with Gasteiger partial charge in [-0.1, -0.05) is 130 Å². The molecule has 14 heteroatoms. The van der Waals surface area contributed by atoms with E-state index in [1.807, 2.05) is 0 Å². The quantitative estimate of drug-likeness (QED) is 0.0613. The van der Waals surface area contributed by atoms with Gasteiger partial charge in [0.05, 0.1) is 48.9 Å². The predicted octanol–water partition coefficient (Wildman–Crippen LogP) is 11.1. The van der Waals surface area contributed by atoms with E-state index < -0.39 is 53.1 Å². The maximum Gasteiger partial charge on any atom is 0.416 e. The Morgan fingerprint density at radius 1 is 0.411 bits per heavy atom. The summed E-state index contributed by atoms with van der Waals surface area (Å²) in [6.45, 7) is 6.61. The number of nitrogens with zero attached hydrogens (tertiary/aromatic N) is 1. The zero-order valence-corrected chi connectivity index (χ0v) is 31.3. The lowest BCUT2D eigenvalue weighted by atomic mass is 9.13. The molecular weight excluding hydrogens is 757 g/mol. The maximum absolute atomic E-state index is 13.3. The van der Waals surface area contributed by atoms with Gasteiger partial charge >= 0.3 is 24.7 Å². The summed E-state index contributed by atoms with van der Waals surface area (Å²) >= 11 is 0. The molecule has 56 heavy (non-hydrogen) atoms. The first-order valence-corrected chi connectivity index (χ1v) is 18.8. The SMILES string of the molecule is CCCCCCCC[N+]1(C)CCCCC1.FC(F)(F)c1ccc([B-](c2ccc(C(F)(F)F)cc2)(c2ccc(C(F)(F)F)cc2)c2ccc(C(F)(F)F)cc2)cc1. The molecule has 0 atom stereocenters. The summed E-state index contributed by atoms with van der Waals surface area (Å²) in [4.78, 5) is 0. The highest BCUT2D eigenvalue weighted by Crippen LogP contribution is 2.32. The zero-order valence-electron chi connectivity index (χ0n) is 31.3. The van der Waals surface area contributed by atoms with Crippen molar-refractivity contribution in [3.63, 3.8) is 0 Å². The molecule has 0 aliphatic carbocycles. The number of benzene rings is 4. The topological polar surface area (TPSA) is 0 Å². The van der Waals surface area contributed by atoms with Crippen molar-refractivity contribution in [2.75, 3.05) is 26.7 Å². The second-order valence-electron chi connectivity index (χ2n) is 15.0. The lowest BCUT2D eigenvalue weighted by Crippen LogP contribution is -2.74. The molecule has 0 N–H and O–H groups in total. The van der Waals surface area contributed by atoms with Gasteiger partial charge in [0.1, 0.15) is 6.15 Å². The number of quaternary nitrogens is 1. The van der Waals surface area contributed by atoms with E-state index >= 15 is 0 Å². The van der Waals surface area contributed by atoms with Gasteiger partial charge in [-0.15, -0.1) is 0 Å². The van der Waals surface area contributed by atoms with E-state index in [9.17, 15) is 52.7 Å². The first-order valence-electron chi connectivity index (χ1n) is 18.8. The molecule has 1 heterocycles. The molecule has 306 valence electrons. The average Bonchev–Trinajstić information content (AvgIpc) is 3.13. The van der Waals surface area contributed by atoms with Gasteiger partial charge in [-0.3, -0.25) is 0 Å². The van der Waals surface area contributed by atoms with Gasteiger partial charge in [0, 0.05) is 0 Å². The van der Waals surface area contributed by atoms with Gasteiger partial charge in [-0.25, -0.2) is 0 Å². The third kappa shape index (κ3) is 11.3. The summed E-state index contributed by atoms with van der Waals surface area (Å²) in [6, 6.07) is 13.6. The van der Waals surface area contributed by atoms with Crippen LogP contribution in [0.2, 0.25) is 0 Å². The zero-order chi connectivity index (χ0) is 41.4. The monoisotopic (exact) mass is 803 g/mol. The maximum atomic E-state index is 13.3. The van der Waals surface area contributed by atoms with E-state index in [4.69, 9.17) is 0 Å². The van der Waals surface area contributed by atoms with E-state index in [-0.39, 0.29) is 21.9 Å². The molecule has 1 aliphatic heterocycles. The number of alkyl halides is 12. The highest BCUT2D eigenvalue weighted by atomic mass is 19.4. The van der Waals surface area contributed by atoms with E-state index in [1.54, 1.807) is 0 Å². The van der Waals surface area contributed by atoms with Crippen LogP contribution in [0.4, 0.5) is 52.7 Å². The summed E-state index contributed by atoms with van der Waals surface area (Å²) in [6.07, 6.45) is -8.93. The van der Waals surface area contributed by atoms with Crippen molar-refractivity contribution < 1.29 is 57.2 Å². The van der Waals surface area contributed by atoms with Gasteiger partial charge in [0.25, 0.3) is 0 Å². The Hall–Kier alpha value is -3.94. The number of hydrogen-bond donors (Lipinski definition) is 0. The number of halogens is 12. The van der Waals surface area contributed by atoms with Crippen LogP contribution in [0.15, 0.2) is 97.1 Å². The van der Waals surface area contributed by atoms with Crippen molar-refractivity contribution in [1.82, 2.24) is 0 Å². The van der Waals surface area contributed by atoms with Crippen molar-refractivity contribution in [1.29, 1.82) is 0 Å². The molecule has 0 saturated carbocycles. The molecule has 1 aliphatic rings. The van der Waals surface area contributed by atoms with Crippen LogP contribution < -0.4 is 21.9 Å². The van der Waals surface area contributed by atoms with E-state index in [0.717, 1.165) is 48.5 Å². The molecule has 0 radical (unpaired) electrons. The normalized spacial score (nSPS) is 15.2. The molecule has 0 bridgehead atoms. The molecule has 1 fully saturated rings. The Labute approximate surface area is 320 Å². The van der Waals surface area contributed by atoms with Crippen molar-refractivity contribution in [2.24, 2.45) is 0 Å². The Balaban J connectivity index is 0.000000389. The molecule has 0 amide bonds. The Bertz CT molecular complexity index is 1550. The van der Waals surface area contributed by atoms with Gasteiger partial charge in [-0.2, -0.15) is 74.5 Å². The first-order chi connectivity index (χ1) is 26.1. The molecule has 5 rings (SSSR count). The van der Waals surface area contributed by atoms with Crippen LogP contribution in [-0.2, 0) is 24.7 Å². The third-order valence-electron chi connectivity index (χ3n) is 10.9. The number of unbranched alkanes of at least 4 members (excludes halogenated alkanes) is 5. The molecule has 0 unspecified atom stereocenters. The van der Waals surface area contributed by atoms with E-state index in [2.05, 4.69) is 14.0 Å². The lowest BCUT2D eigenvalue weighted by molar-refractivity contribution is -0.914. The highest BCUT2D eigenvalue weighted by Gasteiger charge is 2.38. The van der Waals surface area contributed by atoms with Crippen LogP contribution in [0.3, 0.4) is 0 Å². The number of piperidine rings is 1. The Morgan fingerprint density at radius 2 is 0.679 bits per heavy atom. The molecule has 4 aromatic carbocycles. The van der Waals surface area contributed by atoms with Gasteiger partial charge in [-0.05, 0) is 32.1 Å². The lowest BCUT2D eigenvalue weighted by Gasteiger charge is -2.44. The van der Waals surface area contributed by atoms with Crippen LogP contribution in [0, 0.1) is 0 Å². The fraction of sp³-hybridized carbons (Fsp3) is 0.429. The summed E-state index contributed by atoms with van der Waals surface area (Å²) in [5.74, 6) is 0. The third-order valence-corrected chi connectivity index (χ3v) is 10.9. The summed E-state index contributed by atoms with van der Waals surface area (Å²) < 4.78 is 161. The van der Waals surface area contributed by atoms with Crippen LogP contribution in [-0.4, -0.2) is 37.3 Å². The number of rotatable bonds is 11. The average molecular weight is 804 g/mol. The van der Waals surface area contributed by atoms with Crippen LogP contribution >= 0.6 is 0 Å². The summed E-state index contributed by atoms with van der Waals surface area (Å²) in [7, 11) is 2.46. The van der Waals surface area contributed by atoms with Crippen molar-refractivity contribution >= 4 is 28.0 Å². The second kappa shape index (κ2) is 18.1. The van der Waals surface area contributed by atoms with Crippen LogP contribution in [0.5, 0.6) is 0 Å². The van der Waals surface area contributed by atoms with Crippen LogP contribution in [0.25, 0.3) is 0 Å². The van der Waals surface area contributed by atoms with Gasteiger partial charge < -0.3 is 4.48 Å². The number of likely N-dealkylation sites (tertiary alicyclic amines) is 1. The smallest absolute Gasteiger partial charge is 0.326 e.